The first-order chi connectivity index (χ1) is 12.4. The molecule has 4 nitrogen and oxygen atoms in total. The highest BCUT2D eigenvalue weighted by atomic mass is 79.9. The number of ether oxygens (including phenoxy) is 1. The van der Waals surface area contributed by atoms with E-state index in [1.807, 2.05) is 0 Å². The van der Waals surface area contributed by atoms with Gasteiger partial charge in [-0.15, -0.1) is 0 Å². The summed E-state index contributed by atoms with van der Waals surface area (Å²) in [4.78, 5) is 19.0. The van der Waals surface area contributed by atoms with E-state index in [-0.39, 0.29) is 21.9 Å². The Balaban J connectivity index is 2.58. The van der Waals surface area contributed by atoms with Gasteiger partial charge in [0.1, 0.15) is 4.48 Å². The average Bonchev–Trinajstić information content (AvgIpc) is 2.59. The van der Waals surface area contributed by atoms with E-state index in [0.29, 0.717) is 12.1 Å². The largest absolute Gasteiger partial charge is 0.465 e. The number of carbonyl (C=O) groups is 1. The van der Waals surface area contributed by atoms with E-state index in [2.05, 4.69) is 30.6 Å². The predicted octanol–water partition coefficient (Wildman–Crippen LogP) is 5.09. The lowest BCUT2D eigenvalue weighted by Crippen LogP contribution is -2.11. The number of alkyl halides is 6. The maximum Gasteiger partial charge on any atom is 0.416 e. The Morgan fingerprint density at radius 3 is 2.07 bits per heavy atom. The van der Waals surface area contributed by atoms with Gasteiger partial charge in [0.15, 0.2) is 0 Å². The number of nitrogens with zero attached hydrogens (tertiary/aromatic N) is 2. The average molecular weight is 455 g/mol. The van der Waals surface area contributed by atoms with Gasteiger partial charge in [0.2, 0.25) is 0 Å². The fraction of sp³-hybridized carbons (Fsp3) is 0.188. The number of hydrogen-bond donors (Lipinski definition) is 0. The zero-order chi connectivity index (χ0) is 20.4. The summed E-state index contributed by atoms with van der Waals surface area (Å²) >= 11 is 2.92. The molecule has 0 atom stereocenters. The molecular weight excluding hydrogens is 446 g/mol. The molecule has 2 rings (SSSR count). The lowest BCUT2D eigenvalue weighted by atomic mass is 10.0. The van der Waals surface area contributed by atoms with Crippen LogP contribution in [0.2, 0.25) is 0 Å². The molecule has 0 saturated heterocycles. The maximum absolute atomic E-state index is 13.0. The number of benzene rings is 1. The number of methoxy groups -OCH3 is 1. The molecule has 0 fully saturated rings. The van der Waals surface area contributed by atoms with Crippen LogP contribution in [0.25, 0.3) is 17.3 Å². The topological polar surface area (TPSA) is 52.1 Å². The van der Waals surface area contributed by atoms with Gasteiger partial charge in [0.05, 0.1) is 42.0 Å². The molecule has 144 valence electrons. The number of hydrogen-bond acceptors (Lipinski definition) is 4. The third-order valence-corrected chi connectivity index (χ3v) is 3.74. The van der Waals surface area contributed by atoms with Gasteiger partial charge < -0.3 is 4.74 Å². The number of halogens is 7. The van der Waals surface area contributed by atoms with Gasteiger partial charge in [0.25, 0.3) is 0 Å². The first kappa shape index (κ1) is 20.9. The molecule has 1 heterocycles. The Hall–Kier alpha value is -2.43. The third kappa shape index (κ3) is 5.28. The molecule has 0 unspecified atom stereocenters. The fourth-order valence-electron chi connectivity index (χ4n) is 1.98. The van der Waals surface area contributed by atoms with Crippen LogP contribution in [0.5, 0.6) is 0 Å². The molecule has 0 N–H and O–H groups in total. The minimum absolute atomic E-state index is 0.0223. The second-order valence-corrected chi connectivity index (χ2v) is 5.96. The standard InChI is InChI=1S/C16H9BrF6N2O2/c1-27-14(26)12(17)5-11-6-24-7-13(25-11)8-2-9(15(18,19)20)4-10(3-8)16(21,22)23/h2-7H,1H3/b12-5-. The van der Waals surface area contributed by atoms with Crippen LogP contribution < -0.4 is 0 Å². The highest BCUT2D eigenvalue weighted by Crippen LogP contribution is 2.38. The summed E-state index contributed by atoms with van der Waals surface area (Å²) in [6.45, 7) is 0. The van der Waals surface area contributed by atoms with E-state index in [4.69, 9.17) is 0 Å². The highest BCUT2D eigenvalue weighted by molar-refractivity contribution is 9.12. The molecule has 0 aliphatic heterocycles. The zero-order valence-electron chi connectivity index (χ0n) is 13.3. The van der Waals surface area contributed by atoms with Crippen molar-refractivity contribution in [3.63, 3.8) is 0 Å². The van der Waals surface area contributed by atoms with Gasteiger partial charge in [-0.25, -0.2) is 9.78 Å². The number of rotatable bonds is 3. The molecule has 0 aliphatic rings. The molecule has 1 aromatic heterocycles. The fourth-order valence-corrected chi connectivity index (χ4v) is 2.38. The van der Waals surface area contributed by atoms with Gasteiger partial charge >= 0.3 is 18.3 Å². The second kappa shape index (κ2) is 7.67. The SMILES string of the molecule is COC(=O)/C(Br)=C/c1cncc(-c2cc(C(F)(F)F)cc(C(F)(F)F)c2)n1. The molecular formula is C16H9BrF6N2O2. The van der Waals surface area contributed by atoms with Crippen LogP contribution in [-0.4, -0.2) is 23.0 Å². The van der Waals surface area contributed by atoms with E-state index >= 15 is 0 Å². The van der Waals surface area contributed by atoms with E-state index < -0.39 is 35.0 Å². The second-order valence-electron chi connectivity index (χ2n) is 5.11. The van der Waals surface area contributed by atoms with Crippen molar-refractivity contribution in [1.82, 2.24) is 9.97 Å². The number of aromatic nitrogens is 2. The molecule has 0 amide bonds. The molecule has 0 aliphatic carbocycles. The Bertz CT molecular complexity index is 861. The van der Waals surface area contributed by atoms with Crippen molar-refractivity contribution < 1.29 is 35.9 Å². The number of carbonyl (C=O) groups excluding carboxylic acids is 1. The molecule has 0 saturated carbocycles. The normalized spacial score (nSPS) is 12.8. The molecule has 11 heteroatoms. The maximum atomic E-state index is 13.0. The summed E-state index contributed by atoms with van der Waals surface area (Å²) in [7, 11) is 1.13. The lowest BCUT2D eigenvalue weighted by molar-refractivity contribution is -0.143. The van der Waals surface area contributed by atoms with E-state index in [9.17, 15) is 31.1 Å². The van der Waals surface area contributed by atoms with Crippen molar-refractivity contribution in [2.75, 3.05) is 7.11 Å². The molecule has 2 aromatic rings. The quantitative estimate of drug-likeness (QED) is 0.368. The Morgan fingerprint density at radius 2 is 1.59 bits per heavy atom. The molecule has 0 spiro atoms. The Kier molecular flexibility index (Phi) is 5.93. The summed E-state index contributed by atoms with van der Waals surface area (Å²) in [5, 5.41) is 0. The van der Waals surface area contributed by atoms with Crippen LogP contribution >= 0.6 is 15.9 Å². The van der Waals surface area contributed by atoms with Crippen molar-refractivity contribution in [1.29, 1.82) is 0 Å². The van der Waals surface area contributed by atoms with Crippen molar-refractivity contribution in [2.24, 2.45) is 0 Å². The smallest absolute Gasteiger partial charge is 0.416 e. The zero-order valence-corrected chi connectivity index (χ0v) is 14.9. The summed E-state index contributed by atoms with van der Waals surface area (Å²) in [5.41, 5.74) is -3.56. The van der Waals surface area contributed by atoms with Crippen molar-refractivity contribution >= 4 is 28.0 Å². The van der Waals surface area contributed by atoms with Gasteiger partial charge in [-0.3, -0.25) is 4.98 Å². The Morgan fingerprint density at radius 1 is 1.04 bits per heavy atom. The van der Waals surface area contributed by atoms with Gasteiger partial charge in [0, 0.05) is 5.56 Å². The Labute approximate surface area is 157 Å². The van der Waals surface area contributed by atoms with Crippen molar-refractivity contribution in [3.05, 3.63) is 51.9 Å². The summed E-state index contributed by atoms with van der Waals surface area (Å²) in [6, 6.07) is 1.11. The van der Waals surface area contributed by atoms with Crippen LogP contribution in [0.3, 0.4) is 0 Å². The van der Waals surface area contributed by atoms with Crippen molar-refractivity contribution in [2.45, 2.75) is 12.4 Å². The molecule has 0 bridgehead atoms. The van der Waals surface area contributed by atoms with Gasteiger partial charge in [-0.2, -0.15) is 26.3 Å². The minimum Gasteiger partial charge on any atom is -0.465 e. The minimum atomic E-state index is -4.98. The van der Waals surface area contributed by atoms with Crippen molar-refractivity contribution in [3.8, 4) is 11.3 Å². The van der Waals surface area contributed by atoms with Crippen LogP contribution in [0, 0.1) is 0 Å². The first-order valence-electron chi connectivity index (χ1n) is 6.99. The lowest BCUT2D eigenvalue weighted by Gasteiger charge is -2.14. The van der Waals surface area contributed by atoms with E-state index in [1.54, 1.807) is 0 Å². The van der Waals surface area contributed by atoms with Gasteiger partial charge in [-0.1, -0.05) is 0 Å². The molecule has 1 aromatic carbocycles. The third-order valence-electron chi connectivity index (χ3n) is 3.19. The van der Waals surface area contributed by atoms with Gasteiger partial charge in [-0.05, 0) is 40.2 Å². The molecule has 27 heavy (non-hydrogen) atoms. The van der Waals surface area contributed by atoms with Crippen LogP contribution in [0.1, 0.15) is 16.8 Å². The van der Waals surface area contributed by atoms with Crippen LogP contribution in [0.15, 0.2) is 35.1 Å². The number of esters is 1. The first-order valence-corrected chi connectivity index (χ1v) is 7.78. The predicted molar refractivity (Wildman–Crippen MR) is 86.4 cm³/mol. The van der Waals surface area contributed by atoms with Crippen LogP contribution in [-0.2, 0) is 21.9 Å². The highest BCUT2D eigenvalue weighted by Gasteiger charge is 2.37. The monoisotopic (exact) mass is 454 g/mol. The molecule has 0 radical (unpaired) electrons. The summed E-state index contributed by atoms with van der Waals surface area (Å²) in [5.74, 6) is -0.749. The van der Waals surface area contributed by atoms with E-state index in [1.165, 1.54) is 12.3 Å². The van der Waals surface area contributed by atoms with Crippen LogP contribution in [0.4, 0.5) is 26.3 Å². The summed E-state index contributed by atoms with van der Waals surface area (Å²) < 4.78 is 82.2. The van der Waals surface area contributed by atoms with E-state index in [0.717, 1.165) is 13.3 Å². The summed E-state index contributed by atoms with van der Waals surface area (Å²) in [6.07, 6.45) is -6.60.